The van der Waals surface area contributed by atoms with Gasteiger partial charge < -0.3 is 16.4 Å². The predicted octanol–water partition coefficient (Wildman–Crippen LogP) is 2.65. The Bertz CT molecular complexity index is 442. The van der Waals surface area contributed by atoms with Gasteiger partial charge >= 0.3 is 0 Å². The number of unbranched alkanes of at least 4 members (excludes halogenated alkanes) is 1. The van der Waals surface area contributed by atoms with E-state index in [0.717, 1.165) is 31.0 Å². The SMILES string of the molecule is CCCCNc1cc2c(cc1N)C1CNCC2C1. The lowest BCUT2D eigenvalue weighted by atomic mass is 9.98. The molecule has 1 aliphatic carbocycles. The molecule has 98 valence electrons. The third-order valence-corrected chi connectivity index (χ3v) is 4.33. The number of nitrogen functional groups attached to an aromatic ring is 1. The van der Waals surface area contributed by atoms with E-state index < -0.39 is 0 Å². The molecule has 2 aliphatic rings. The second-order valence-corrected chi connectivity index (χ2v) is 5.64. The molecule has 0 amide bonds. The van der Waals surface area contributed by atoms with E-state index in [1.165, 1.54) is 30.4 Å². The highest BCUT2D eigenvalue weighted by molar-refractivity contribution is 5.70. The summed E-state index contributed by atoms with van der Waals surface area (Å²) in [6, 6.07) is 4.51. The van der Waals surface area contributed by atoms with Gasteiger partial charge in [0.1, 0.15) is 0 Å². The zero-order valence-electron chi connectivity index (χ0n) is 11.1. The van der Waals surface area contributed by atoms with Gasteiger partial charge in [-0.05, 0) is 47.9 Å². The van der Waals surface area contributed by atoms with Crippen LogP contribution in [0.2, 0.25) is 0 Å². The van der Waals surface area contributed by atoms with Crippen LogP contribution in [0.5, 0.6) is 0 Å². The van der Waals surface area contributed by atoms with Gasteiger partial charge in [0, 0.05) is 19.6 Å². The van der Waals surface area contributed by atoms with Crippen LogP contribution in [0.3, 0.4) is 0 Å². The summed E-state index contributed by atoms with van der Waals surface area (Å²) in [5.41, 5.74) is 11.2. The molecule has 4 N–H and O–H groups in total. The molecule has 2 unspecified atom stereocenters. The summed E-state index contributed by atoms with van der Waals surface area (Å²) < 4.78 is 0. The molecule has 1 aromatic carbocycles. The fraction of sp³-hybridized carbons (Fsp3) is 0.600. The molecule has 3 heteroatoms. The van der Waals surface area contributed by atoms with Gasteiger partial charge in [-0.25, -0.2) is 0 Å². The highest BCUT2D eigenvalue weighted by Gasteiger charge is 2.34. The van der Waals surface area contributed by atoms with Crippen molar-refractivity contribution in [1.29, 1.82) is 0 Å². The Morgan fingerprint density at radius 1 is 1.28 bits per heavy atom. The zero-order valence-corrected chi connectivity index (χ0v) is 11.1. The number of piperidine rings is 1. The molecule has 18 heavy (non-hydrogen) atoms. The minimum Gasteiger partial charge on any atom is -0.397 e. The maximum absolute atomic E-state index is 6.18. The summed E-state index contributed by atoms with van der Waals surface area (Å²) in [5.74, 6) is 1.39. The van der Waals surface area contributed by atoms with Crippen LogP contribution in [0.25, 0.3) is 0 Å². The number of anilines is 2. The predicted molar refractivity (Wildman–Crippen MR) is 77.2 cm³/mol. The smallest absolute Gasteiger partial charge is 0.0576 e. The van der Waals surface area contributed by atoms with Gasteiger partial charge in [-0.2, -0.15) is 0 Å². The quantitative estimate of drug-likeness (QED) is 0.564. The minimum absolute atomic E-state index is 0.686. The molecular formula is C15H23N3. The van der Waals surface area contributed by atoms with Gasteiger partial charge in [-0.1, -0.05) is 13.3 Å². The van der Waals surface area contributed by atoms with E-state index in [0.29, 0.717) is 11.8 Å². The Hall–Kier alpha value is -1.22. The number of hydrogen-bond acceptors (Lipinski definition) is 3. The van der Waals surface area contributed by atoms with Crippen molar-refractivity contribution in [3.05, 3.63) is 23.3 Å². The monoisotopic (exact) mass is 245 g/mol. The van der Waals surface area contributed by atoms with Gasteiger partial charge in [0.2, 0.25) is 0 Å². The number of fused-ring (bicyclic) bond motifs is 5. The minimum atomic E-state index is 0.686. The van der Waals surface area contributed by atoms with Crippen LogP contribution in [0.1, 0.15) is 49.1 Å². The van der Waals surface area contributed by atoms with E-state index in [2.05, 4.69) is 29.7 Å². The highest BCUT2D eigenvalue weighted by Crippen LogP contribution is 2.45. The molecule has 1 saturated heterocycles. The second kappa shape index (κ2) is 4.81. The van der Waals surface area contributed by atoms with E-state index in [9.17, 15) is 0 Å². The topological polar surface area (TPSA) is 50.1 Å². The van der Waals surface area contributed by atoms with Crippen molar-refractivity contribution in [1.82, 2.24) is 5.32 Å². The first kappa shape index (κ1) is 11.8. The summed E-state index contributed by atoms with van der Waals surface area (Å²) in [6.07, 6.45) is 3.72. The van der Waals surface area contributed by atoms with Crippen molar-refractivity contribution >= 4 is 11.4 Å². The van der Waals surface area contributed by atoms with Crippen LogP contribution >= 0.6 is 0 Å². The lowest BCUT2D eigenvalue weighted by molar-refractivity contribution is 0.454. The van der Waals surface area contributed by atoms with Crippen LogP contribution in [-0.4, -0.2) is 19.6 Å². The van der Waals surface area contributed by atoms with Crippen molar-refractivity contribution in [2.45, 2.75) is 38.0 Å². The standard InChI is InChI=1S/C15H23N3/c1-2-3-4-18-15-7-13-11-5-10(8-17-9-11)12(13)6-14(15)16/h6-7,10-11,17-18H,2-5,8-9,16H2,1H3. The maximum Gasteiger partial charge on any atom is 0.0576 e. The lowest BCUT2D eigenvalue weighted by Crippen LogP contribution is -2.28. The molecule has 1 heterocycles. The number of hydrogen-bond donors (Lipinski definition) is 3. The Balaban J connectivity index is 1.86. The van der Waals surface area contributed by atoms with E-state index >= 15 is 0 Å². The molecule has 2 atom stereocenters. The molecule has 2 bridgehead atoms. The van der Waals surface area contributed by atoms with Gasteiger partial charge in [-0.3, -0.25) is 0 Å². The van der Waals surface area contributed by atoms with E-state index in [1.807, 2.05) is 0 Å². The molecule has 0 radical (unpaired) electrons. The third-order valence-electron chi connectivity index (χ3n) is 4.33. The van der Waals surface area contributed by atoms with Crippen LogP contribution < -0.4 is 16.4 Å². The van der Waals surface area contributed by atoms with E-state index in [1.54, 1.807) is 0 Å². The molecule has 1 fully saturated rings. The zero-order chi connectivity index (χ0) is 12.5. The molecule has 1 aromatic rings. The summed E-state index contributed by atoms with van der Waals surface area (Å²) >= 11 is 0. The van der Waals surface area contributed by atoms with Crippen LogP contribution in [0.15, 0.2) is 12.1 Å². The van der Waals surface area contributed by atoms with Crippen molar-refractivity contribution in [3.8, 4) is 0 Å². The molecule has 0 aromatic heterocycles. The van der Waals surface area contributed by atoms with Crippen LogP contribution in [0.4, 0.5) is 11.4 Å². The van der Waals surface area contributed by atoms with Gasteiger partial charge in [0.15, 0.2) is 0 Å². The Labute approximate surface area is 109 Å². The molecule has 3 rings (SSSR count). The first-order chi connectivity index (χ1) is 8.79. The van der Waals surface area contributed by atoms with Crippen molar-refractivity contribution < 1.29 is 0 Å². The number of rotatable bonds is 4. The van der Waals surface area contributed by atoms with Crippen LogP contribution in [-0.2, 0) is 0 Å². The van der Waals surface area contributed by atoms with Crippen LogP contribution in [0, 0.1) is 0 Å². The summed E-state index contributed by atoms with van der Waals surface area (Å²) in [6.45, 7) is 5.47. The highest BCUT2D eigenvalue weighted by atomic mass is 14.9. The second-order valence-electron chi connectivity index (χ2n) is 5.64. The molecular weight excluding hydrogens is 222 g/mol. The molecule has 0 spiro atoms. The normalized spacial score (nSPS) is 24.9. The summed E-state index contributed by atoms with van der Waals surface area (Å²) in [7, 11) is 0. The van der Waals surface area contributed by atoms with E-state index in [4.69, 9.17) is 5.73 Å². The Kier molecular flexibility index (Phi) is 3.16. The van der Waals surface area contributed by atoms with Gasteiger partial charge in [0.25, 0.3) is 0 Å². The average molecular weight is 245 g/mol. The first-order valence-electron chi connectivity index (χ1n) is 7.17. The largest absolute Gasteiger partial charge is 0.397 e. The van der Waals surface area contributed by atoms with Crippen molar-refractivity contribution in [2.24, 2.45) is 0 Å². The molecule has 3 nitrogen and oxygen atoms in total. The Morgan fingerprint density at radius 2 is 2.00 bits per heavy atom. The first-order valence-corrected chi connectivity index (χ1v) is 7.17. The van der Waals surface area contributed by atoms with Crippen molar-refractivity contribution in [2.75, 3.05) is 30.7 Å². The average Bonchev–Trinajstić information content (AvgIpc) is 2.62. The van der Waals surface area contributed by atoms with Crippen molar-refractivity contribution in [3.63, 3.8) is 0 Å². The molecule has 0 saturated carbocycles. The molecule has 1 aliphatic heterocycles. The fourth-order valence-corrected chi connectivity index (χ4v) is 3.33. The fourth-order valence-electron chi connectivity index (χ4n) is 3.33. The lowest BCUT2D eigenvalue weighted by Gasteiger charge is -2.19. The summed E-state index contributed by atoms with van der Waals surface area (Å²) in [5, 5.41) is 7.00. The van der Waals surface area contributed by atoms with E-state index in [-0.39, 0.29) is 0 Å². The number of nitrogens with one attached hydrogen (secondary N) is 2. The van der Waals surface area contributed by atoms with Gasteiger partial charge in [0.05, 0.1) is 11.4 Å². The number of benzene rings is 1. The summed E-state index contributed by atoms with van der Waals surface area (Å²) in [4.78, 5) is 0. The Morgan fingerprint density at radius 3 is 2.72 bits per heavy atom. The van der Waals surface area contributed by atoms with Gasteiger partial charge in [-0.15, -0.1) is 0 Å². The maximum atomic E-state index is 6.18. The number of nitrogens with two attached hydrogens (primary N) is 1. The third kappa shape index (κ3) is 1.97.